The summed E-state index contributed by atoms with van der Waals surface area (Å²) in [5.41, 5.74) is -0.439. The Labute approximate surface area is 103 Å². The monoisotopic (exact) mass is 256 g/mol. The Bertz CT molecular complexity index is 422. The van der Waals surface area contributed by atoms with Crippen LogP contribution in [0.1, 0.15) is 36.8 Å². The van der Waals surface area contributed by atoms with Crippen molar-refractivity contribution in [2.45, 2.75) is 38.0 Å². The van der Waals surface area contributed by atoms with Crippen LogP contribution in [0.3, 0.4) is 0 Å². The summed E-state index contributed by atoms with van der Waals surface area (Å²) in [4.78, 5) is 5.16. The van der Waals surface area contributed by atoms with Crippen LogP contribution in [0.4, 0.5) is 13.2 Å². The van der Waals surface area contributed by atoms with Gasteiger partial charge in [-0.15, -0.1) is 0 Å². The molecule has 5 heteroatoms. The first-order chi connectivity index (χ1) is 8.55. The van der Waals surface area contributed by atoms with Gasteiger partial charge in [0, 0.05) is 5.56 Å². The second-order valence-corrected chi connectivity index (χ2v) is 4.29. The van der Waals surface area contributed by atoms with Crippen LogP contribution in [0, 0.1) is 0 Å². The van der Waals surface area contributed by atoms with Gasteiger partial charge in [-0.3, -0.25) is 0 Å². The molecule has 2 nitrogen and oxygen atoms in total. The standard InChI is InChI=1S/C13H13F3NO/c14-13(15,16)11-5-3-4-10(8-11)9-17-18-12-6-1-2-7-12/h3-5,8,12H,1-2,6-7H2. The van der Waals surface area contributed by atoms with Crippen molar-refractivity contribution in [3.05, 3.63) is 35.4 Å². The third-order valence-corrected chi connectivity index (χ3v) is 2.87. The van der Waals surface area contributed by atoms with E-state index >= 15 is 0 Å². The van der Waals surface area contributed by atoms with E-state index in [9.17, 15) is 13.2 Å². The zero-order chi connectivity index (χ0) is 13.0. The van der Waals surface area contributed by atoms with Crippen molar-refractivity contribution in [1.29, 1.82) is 0 Å². The van der Waals surface area contributed by atoms with E-state index < -0.39 is 11.7 Å². The Morgan fingerprint density at radius 1 is 1.22 bits per heavy atom. The molecule has 0 N–H and O–H groups in total. The summed E-state index contributed by atoms with van der Waals surface area (Å²) in [5, 5.41) is 3.63. The molecule has 0 unspecified atom stereocenters. The molecule has 0 aromatic heterocycles. The average molecular weight is 256 g/mol. The molecule has 97 valence electrons. The molecule has 18 heavy (non-hydrogen) atoms. The highest BCUT2D eigenvalue weighted by Gasteiger charge is 2.30. The fraction of sp³-hybridized carbons (Fsp3) is 0.462. The summed E-state index contributed by atoms with van der Waals surface area (Å²) in [6.45, 7) is 0. The highest BCUT2D eigenvalue weighted by Crippen LogP contribution is 2.29. The molecule has 2 rings (SSSR count). The molecule has 0 bridgehead atoms. The smallest absolute Gasteiger partial charge is 0.392 e. The van der Waals surface area contributed by atoms with Gasteiger partial charge in [-0.05, 0) is 37.8 Å². The zero-order valence-electron chi connectivity index (χ0n) is 9.70. The molecule has 0 heterocycles. The largest absolute Gasteiger partial charge is 0.416 e. The van der Waals surface area contributed by atoms with E-state index in [-0.39, 0.29) is 11.7 Å². The molecule has 0 aliphatic heterocycles. The maximum absolute atomic E-state index is 12.4. The molecule has 1 aliphatic rings. The summed E-state index contributed by atoms with van der Waals surface area (Å²) in [5.74, 6) is 0. The molecule has 1 saturated carbocycles. The number of halogens is 3. The van der Waals surface area contributed by atoms with Gasteiger partial charge in [0.1, 0.15) is 12.3 Å². The minimum atomic E-state index is -4.34. The molecule has 1 radical (unpaired) electrons. The summed E-state index contributed by atoms with van der Waals surface area (Å²) >= 11 is 0. The van der Waals surface area contributed by atoms with Gasteiger partial charge >= 0.3 is 6.18 Å². The van der Waals surface area contributed by atoms with E-state index in [0.29, 0.717) is 0 Å². The summed E-state index contributed by atoms with van der Waals surface area (Å²) in [6.07, 6.45) is 2.36. The molecule has 0 amide bonds. The maximum Gasteiger partial charge on any atom is 0.416 e. The van der Waals surface area contributed by atoms with Crippen molar-refractivity contribution in [2.75, 3.05) is 0 Å². The zero-order valence-corrected chi connectivity index (χ0v) is 9.70. The van der Waals surface area contributed by atoms with Crippen molar-refractivity contribution in [1.82, 2.24) is 0 Å². The fourth-order valence-corrected chi connectivity index (χ4v) is 1.91. The van der Waals surface area contributed by atoms with E-state index in [1.54, 1.807) is 0 Å². The Balaban J connectivity index is 1.98. The Morgan fingerprint density at radius 3 is 2.61 bits per heavy atom. The van der Waals surface area contributed by atoms with Crippen molar-refractivity contribution in [3.63, 3.8) is 0 Å². The summed E-state index contributed by atoms with van der Waals surface area (Å²) in [7, 11) is 0. The minimum absolute atomic E-state index is 0.0864. The molecule has 1 aliphatic carbocycles. The van der Waals surface area contributed by atoms with Crippen LogP contribution in [-0.4, -0.2) is 12.3 Å². The highest BCUT2D eigenvalue weighted by atomic mass is 19.4. The SMILES string of the molecule is FC(F)(F)c1cccc(/[C]=N/OC2CCCC2)c1. The van der Waals surface area contributed by atoms with E-state index in [4.69, 9.17) is 4.84 Å². The van der Waals surface area contributed by atoms with Crippen LogP contribution in [0.25, 0.3) is 0 Å². The predicted octanol–water partition coefficient (Wildman–Crippen LogP) is 3.88. The lowest BCUT2D eigenvalue weighted by Crippen LogP contribution is -2.05. The predicted molar refractivity (Wildman–Crippen MR) is 61.3 cm³/mol. The van der Waals surface area contributed by atoms with Gasteiger partial charge in [-0.2, -0.15) is 13.2 Å². The fourth-order valence-electron chi connectivity index (χ4n) is 1.91. The molecular weight excluding hydrogens is 243 g/mol. The molecule has 0 spiro atoms. The van der Waals surface area contributed by atoms with E-state index in [1.807, 2.05) is 0 Å². The molecule has 1 aromatic carbocycles. The highest BCUT2D eigenvalue weighted by molar-refractivity contribution is 5.79. The Kier molecular flexibility index (Phi) is 3.89. The number of hydrogen-bond donors (Lipinski definition) is 0. The lowest BCUT2D eigenvalue weighted by atomic mass is 10.1. The number of rotatable bonds is 3. The first-order valence-corrected chi connectivity index (χ1v) is 5.85. The van der Waals surface area contributed by atoms with Crippen LogP contribution in [0.15, 0.2) is 29.4 Å². The van der Waals surface area contributed by atoms with E-state index in [0.717, 1.165) is 37.8 Å². The number of nitrogens with zero attached hydrogens (tertiary/aromatic N) is 1. The van der Waals surface area contributed by atoms with Crippen molar-refractivity contribution in [2.24, 2.45) is 5.16 Å². The van der Waals surface area contributed by atoms with Gasteiger partial charge in [-0.1, -0.05) is 17.3 Å². The second-order valence-electron chi connectivity index (χ2n) is 4.29. The van der Waals surface area contributed by atoms with Crippen LogP contribution >= 0.6 is 0 Å². The number of hydrogen-bond acceptors (Lipinski definition) is 2. The van der Waals surface area contributed by atoms with E-state index in [1.165, 1.54) is 12.1 Å². The third-order valence-electron chi connectivity index (χ3n) is 2.87. The molecular formula is C13H13F3NO. The van der Waals surface area contributed by atoms with Gasteiger partial charge < -0.3 is 4.84 Å². The van der Waals surface area contributed by atoms with Gasteiger partial charge in [-0.25, -0.2) is 0 Å². The van der Waals surface area contributed by atoms with Crippen LogP contribution in [0.2, 0.25) is 0 Å². The average Bonchev–Trinajstić information content (AvgIpc) is 2.81. The third kappa shape index (κ3) is 3.48. The topological polar surface area (TPSA) is 21.6 Å². The molecule has 1 fully saturated rings. The van der Waals surface area contributed by atoms with Crippen LogP contribution in [0.5, 0.6) is 0 Å². The lowest BCUT2D eigenvalue weighted by Gasteiger charge is -2.07. The van der Waals surface area contributed by atoms with Gasteiger partial charge in [0.2, 0.25) is 0 Å². The molecule has 0 atom stereocenters. The lowest BCUT2D eigenvalue weighted by molar-refractivity contribution is -0.137. The van der Waals surface area contributed by atoms with Crippen LogP contribution in [-0.2, 0) is 11.0 Å². The number of alkyl halides is 3. The maximum atomic E-state index is 12.4. The summed E-state index contributed by atoms with van der Waals surface area (Å²) < 4.78 is 37.3. The summed E-state index contributed by atoms with van der Waals surface area (Å²) in [6, 6.07) is 4.86. The normalized spacial score (nSPS) is 17.5. The van der Waals surface area contributed by atoms with Crippen molar-refractivity contribution < 1.29 is 18.0 Å². The quantitative estimate of drug-likeness (QED) is 0.594. The van der Waals surface area contributed by atoms with Gasteiger partial charge in [0.05, 0.1) is 5.56 Å². The first kappa shape index (κ1) is 12.9. The van der Waals surface area contributed by atoms with Crippen molar-refractivity contribution >= 4 is 6.21 Å². The molecule has 1 aromatic rings. The van der Waals surface area contributed by atoms with E-state index in [2.05, 4.69) is 11.4 Å². The van der Waals surface area contributed by atoms with Crippen molar-refractivity contribution in [3.8, 4) is 0 Å². The van der Waals surface area contributed by atoms with Gasteiger partial charge in [0.15, 0.2) is 0 Å². The van der Waals surface area contributed by atoms with Crippen LogP contribution < -0.4 is 0 Å². The second kappa shape index (κ2) is 5.42. The van der Waals surface area contributed by atoms with Gasteiger partial charge in [0.25, 0.3) is 0 Å². The first-order valence-electron chi connectivity index (χ1n) is 5.85. The Hall–Kier alpha value is -1.52. The molecule has 0 saturated heterocycles. The Morgan fingerprint density at radius 2 is 1.94 bits per heavy atom. The number of benzene rings is 1. The minimum Gasteiger partial charge on any atom is -0.392 e.